The molecule has 186 valence electrons. The van der Waals surface area contributed by atoms with Crippen LogP contribution in [0, 0.1) is 11.7 Å². The Morgan fingerprint density at radius 3 is 2.56 bits per heavy atom. The van der Waals surface area contributed by atoms with Crippen molar-refractivity contribution in [2.75, 3.05) is 18.4 Å². The fourth-order valence-electron chi connectivity index (χ4n) is 4.48. The SMILES string of the molecule is C=CCN(CCC[C@H](C(=O)O)C(=O)Nc1ccc(-c2cnccn2)cc1)[C@@H]1C[C@H]1c1ccc(F)cc1. The average molecular weight is 489 g/mol. The number of carbonyl (C=O) groups is 2. The number of amides is 1. The molecule has 8 heteroatoms. The van der Waals surface area contributed by atoms with Crippen molar-refractivity contribution in [3.05, 3.63) is 91.2 Å². The predicted molar refractivity (Wildman–Crippen MR) is 136 cm³/mol. The number of halogens is 1. The van der Waals surface area contributed by atoms with Gasteiger partial charge in [-0.05, 0) is 55.6 Å². The third-order valence-electron chi connectivity index (χ3n) is 6.45. The van der Waals surface area contributed by atoms with Gasteiger partial charge < -0.3 is 10.4 Å². The minimum absolute atomic E-state index is 0.223. The lowest BCUT2D eigenvalue weighted by atomic mass is 10.0. The summed E-state index contributed by atoms with van der Waals surface area (Å²) in [6, 6.07) is 13.9. The van der Waals surface area contributed by atoms with Crippen molar-refractivity contribution in [1.29, 1.82) is 0 Å². The summed E-state index contributed by atoms with van der Waals surface area (Å²) in [5.41, 5.74) is 3.17. The monoisotopic (exact) mass is 488 g/mol. The Morgan fingerprint density at radius 1 is 1.17 bits per heavy atom. The van der Waals surface area contributed by atoms with Crippen LogP contribution in [0.2, 0.25) is 0 Å². The number of aromatic nitrogens is 2. The molecule has 0 radical (unpaired) electrons. The van der Waals surface area contributed by atoms with Gasteiger partial charge >= 0.3 is 5.97 Å². The normalized spacial score (nSPS) is 17.4. The smallest absolute Gasteiger partial charge is 0.316 e. The maximum Gasteiger partial charge on any atom is 0.316 e. The predicted octanol–water partition coefficient (Wildman–Crippen LogP) is 4.75. The molecule has 1 aromatic heterocycles. The van der Waals surface area contributed by atoms with Crippen LogP contribution in [0.15, 0.2) is 79.8 Å². The van der Waals surface area contributed by atoms with Gasteiger partial charge in [-0.1, -0.05) is 30.3 Å². The molecule has 0 aliphatic heterocycles. The van der Waals surface area contributed by atoms with Crippen molar-refractivity contribution in [2.24, 2.45) is 5.92 Å². The highest BCUT2D eigenvalue weighted by Gasteiger charge is 2.42. The van der Waals surface area contributed by atoms with Crippen molar-refractivity contribution in [3.8, 4) is 11.3 Å². The summed E-state index contributed by atoms with van der Waals surface area (Å²) < 4.78 is 13.2. The Labute approximate surface area is 209 Å². The lowest BCUT2D eigenvalue weighted by Gasteiger charge is -2.22. The van der Waals surface area contributed by atoms with E-state index in [1.807, 2.05) is 18.2 Å². The van der Waals surface area contributed by atoms with Crippen molar-refractivity contribution >= 4 is 17.6 Å². The molecule has 36 heavy (non-hydrogen) atoms. The summed E-state index contributed by atoms with van der Waals surface area (Å²) in [7, 11) is 0. The molecule has 1 fully saturated rings. The van der Waals surface area contributed by atoms with Crippen LogP contribution >= 0.6 is 0 Å². The Hall–Kier alpha value is -3.91. The first-order valence-corrected chi connectivity index (χ1v) is 12.0. The number of aliphatic carboxylic acids is 1. The van der Waals surface area contributed by atoms with E-state index in [4.69, 9.17) is 0 Å². The van der Waals surface area contributed by atoms with Crippen LogP contribution in [0.1, 0.15) is 30.7 Å². The maximum absolute atomic E-state index is 13.2. The number of benzene rings is 2. The second kappa shape index (κ2) is 11.7. The molecule has 3 aromatic rings. The largest absolute Gasteiger partial charge is 0.481 e. The van der Waals surface area contributed by atoms with Gasteiger partial charge in [-0.25, -0.2) is 4.39 Å². The molecule has 1 amide bonds. The summed E-state index contributed by atoms with van der Waals surface area (Å²) in [4.78, 5) is 35.1. The third-order valence-corrected chi connectivity index (χ3v) is 6.45. The van der Waals surface area contributed by atoms with Crippen molar-refractivity contribution in [3.63, 3.8) is 0 Å². The maximum atomic E-state index is 13.2. The van der Waals surface area contributed by atoms with Gasteiger partial charge in [0.25, 0.3) is 0 Å². The van der Waals surface area contributed by atoms with Crippen molar-refractivity contribution < 1.29 is 19.1 Å². The number of hydrogen-bond donors (Lipinski definition) is 2. The van der Waals surface area contributed by atoms with Crippen LogP contribution < -0.4 is 5.32 Å². The van der Waals surface area contributed by atoms with Gasteiger partial charge in [0.1, 0.15) is 11.7 Å². The standard InChI is InChI=1S/C28H29FN4O3/c1-2-15-33(26-17-24(26)19-5-9-21(29)10-6-19)16-3-4-23(28(35)36)27(34)32-22-11-7-20(8-12-22)25-18-30-13-14-31-25/h2,5-14,18,23-24,26H,1,3-4,15-17H2,(H,32,34)(H,35,36)/t23-,24-,26+/m0/s1. The van der Waals surface area contributed by atoms with Gasteiger partial charge in [0, 0.05) is 42.1 Å². The Bertz CT molecular complexity index is 1190. The van der Waals surface area contributed by atoms with Gasteiger partial charge in [0.15, 0.2) is 0 Å². The number of carbonyl (C=O) groups excluding carboxylic acids is 1. The molecule has 2 N–H and O–H groups in total. The highest BCUT2D eigenvalue weighted by Crippen LogP contribution is 2.44. The van der Waals surface area contributed by atoms with Crippen LogP contribution in [-0.2, 0) is 9.59 Å². The number of carboxylic acid groups (broad SMARTS) is 1. The quantitative estimate of drug-likeness (QED) is 0.282. The Morgan fingerprint density at radius 2 is 1.92 bits per heavy atom. The van der Waals surface area contributed by atoms with Crippen LogP contribution in [0.3, 0.4) is 0 Å². The number of nitrogens with one attached hydrogen (secondary N) is 1. The van der Waals surface area contributed by atoms with E-state index in [1.165, 1.54) is 12.1 Å². The summed E-state index contributed by atoms with van der Waals surface area (Å²) in [5, 5.41) is 12.4. The Kier molecular flexibility index (Phi) is 8.17. The fourth-order valence-corrected chi connectivity index (χ4v) is 4.48. The number of anilines is 1. The molecule has 1 heterocycles. The summed E-state index contributed by atoms with van der Waals surface area (Å²) in [5.74, 6) is -2.76. The van der Waals surface area contributed by atoms with E-state index in [1.54, 1.807) is 42.9 Å². The number of hydrogen-bond acceptors (Lipinski definition) is 5. The molecule has 1 aliphatic carbocycles. The summed E-state index contributed by atoms with van der Waals surface area (Å²) in [6.45, 7) is 5.16. The van der Waals surface area contributed by atoms with Crippen molar-refractivity contribution in [1.82, 2.24) is 14.9 Å². The average Bonchev–Trinajstić information content (AvgIpc) is 3.68. The molecule has 1 saturated carbocycles. The van der Waals surface area contributed by atoms with E-state index >= 15 is 0 Å². The van der Waals surface area contributed by atoms with Gasteiger partial charge in [0.05, 0.1) is 11.9 Å². The lowest BCUT2D eigenvalue weighted by Crippen LogP contribution is -2.32. The molecule has 2 aromatic carbocycles. The minimum Gasteiger partial charge on any atom is -0.481 e. The van der Waals surface area contributed by atoms with E-state index in [2.05, 4.69) is 26.8 Å². The molecule has 1 aliphatic rings. The molecule has 0 bridgehead atoms. The zero-order chi connectivity index (χ0) is 25.5. The van der Waals surface area contributed by atoms with Crippen LogP contribution in [0.4, 0.5) is 10.1 Å². The second-order valence-electron chi connectivity index (χ2n) is 8.94. The van der Waals surface area contributed by atoms with E-state index in [0.29, 0.717) is 42.9 Å². The second-order valence-corrected chi connectivity index (χ2v) is 8.94. The first kappa shape index (κ1) is 25.2. The van der Waals surface area contributed by atoms with E-state index in [0.717, 1.165) is 17.5 Å². The van der Waals surface area contributed by atoms with Crippen LogP contribution in [0.25, 0.3) is 11.3 Å². The minimum atomic E-state index is -1.15. The number of carboxylic acids is 1. The Balaban J connectivity index is 1.31. The molecular formula is C28H29FN4O3. The summed E-state index contributed by atoms with van der Waals surface area (Å²) >= 11 is 0. The first-order valence-electron chi connectivity index (χ1n) is 12.0. The zero-order valence-electron chi connectivity index (χ0n) is 19.9. The van der Waals surface area contributed by atoms with Gasteiger partial charge in [-0.2, -0.15) is 0 Å². The van der Waals surface area contributed by atoms with E-state index < -0.39 is 17.8 Å². The number of nitrogens with zero attached hydrogens (tertiary/aromatic N) is 3. The molecule has 3 atom stereocenters. The summed E-state index contributed by atoms with van der Waals surface area (Å²) in [6.07, 6.45) is 8.41. The highest BCUT2D eigenvalue weighted by molar-refractivity contribution is 6.04. The lowest BCUT2D eigenvalue weighted by molar-refractivity contribution is -0.145. The fraction of sp³-hybridized carbons (Fsp3) is 0.286. The molecule has 0 spiro atoms. The molecule has 7 nitrogen and oxygen atoms in total. The first-order chi connectivity index (χ1) is 17.5. The van der Waals surface area contributed by atoms with E-state index in [9.17, 15) is 19.1 Å². The van der Waals surface area contributed by atoms with E-state index in [-0.39, 0.29) is 12.2 Å². The number of rotatable bonds is 12. The van der Waals surface area contributed by atoms with Crippen LogP contribution in [-0.4, -0.2) is 51.0 Å². The van der Waals surface area contributed by atoms with Crippen LogP contribution in [0.5, 0.6) is 0 Å². The topological polar surface area (TPSA) is 95.4 Å². The van der Waals surface area contributed by atoms with Gasteiger partial charge in [0.2, 0.25) is 5.91 Å². The molecule has 0 unspecified atom stereocenters. The molecule has 0 saturated heterocycles. The van der Waals surface area contributed by atoms with Gasteiger partial charge in [-0.3, -0.25) is 24.5 Å². The van der Waals surface area contributed by atoms with Crippen molar-refractivity contribution in [2.45, 2.75) is 31.2 Å². The molecular weight excluding hydrogens is 459 g/mol. The van der Waals surface area contributed by atoms with Gasteiger partial charge in [-0.15, -0.1) is 6.58 Å². The zero-order valence-corrected chi connectivity index (χ0v) is 19.9. The highest BCUT2D eigenvalue weighted by atomic mass is 19.1. The molecule has 4 rings (SSSR count). The third kappa shape index (κ3) is 6.40.